The molecule has 0 radical (unpaired) electrons. The Labute approximate surface area is 223 Å². The van der Waals surface area contributed by atoms with Crippen LogP contribution in [0, 0.1) is 6.92 Å². The number of aryl methyl sites for hydroxylation is 1. The minimum atomic E-state index is -1.43. The third kappa shape index (κ3) is 9.56. The first-order valence-corrected chi connectivity index (χ1v) is 12.1. The lowest BCUT2D eigenvalue weighted by Gasteiger charge is -2.43. The number of nitrogens with two attached hydrogens (primary N) is 1. The Hall–Kier alpha value is -3.83. The Balaban J connectivity index is 3.65. The van der Waals surface area contributed by atoms with E-state index in [-0.39, 0.29) is 24.2 Å². The molecule has 1 aromatic rings. The topological polar surface area (TPSA) is 177 Å². The van der Waals surface area contributed by atoms with Crippen molar-refractivity contribution < 1.29 is 38.6 Å². The summed E-state index contributed by atoms with van der Waals surface area (Å²) >= 11 is 0. The molecule has 4 amide bonds. The fourth-order valence-electron chi connectivity index (χ4n) is 3.63. The molecule has 0 aliphatic rings. The molecule has 1 aromatic carbocycles. The highest BCUT2D eigenvalue weighted by atomic mass is 16.6. The van der Waals surface area contributed by atoms with Crippen molar-refractivity contribution >= 4 is 29.8 Å². The van der Waals surface area contributed by atoms with Gasteiger partial charge in [-0.05, 0) is 60.5 Å². The molecule has 212 valence electrons. The summed E-state index contributed by atoms with van der Waals surface area (Å²) in [6.45, 7) is 11.1. The van der Waals surface area contributed by atoms with E-state index in [0.717, 1.165) is 7.11 Å². The van der Waals surface area contributed by atoms with Crippen LogP contribution in [0.5, 0.6) is 5.75 Å². The molecule has 0 aliphatic carbocycles. The average molecular weight is 537 g/mol. The van der Waals surface area contributed by atoms with Crippen molar-refractivity contribution in [2.75, 3.05) is 13.7 Å². The number of esters is 1. The second kappa shape index (κ2) is 13.1. The number of carbonyl (C=O) groups is 5. The van der Waals surface area contributed by atoms with Gasteiger partial charge in [0.1, 0.15) is 30.0 Å². The summed E-state index contributed by atoms with van der Waals surface area (Å²) in [4.78, 5) is 64.6. The number of methoxy groups -OCH3 is 1. The number of nitrogens with one attached hydrogen (secondary N) is 2. The van der Waals surface area contributed by atoms with Crippen molar-refractivity contribution in [3.8, 4) is 5.75 Å². The fourth-order valence-corrected chi connectivity index (χ4v) is 3.63. The van der Waals surface area contributed by atoms with Crippen LogP contribution in [-0.4, -0.2) is 70.6 Å². The lowest BCUT2D eigenvalue weighted by atomic mass is 9.93. The summed E-state index contributed by atoms with van der Waals surface area (Å²) in [6, 6.07) is 1.99. The van der Waals surface area contributed by atoms with Crippen molar-refractivity contribution in [1.29, 1.82) is 0 Å². The highest BCUT2D eigenvalue weighted by Gasteiger charge is 2.43. The maximum absolute atomic E-state index is 14.1. The summed E-state index contributed by atoms with van der Waals surface area (Å²) < 4.78 is 9.88. The molecule has 2 unspecified atom stereocenters. The van der Waals surface area contributed by atoms with E-state index in [4.69, 9.17) is 10.5 Å². The van der Waals surface area contributed by atoms with Crippen LogP contribution in [0.3, 0.4) is 0 Å². The number of amides is 4. The molecule has 0 saturated carbocycles. The van der Waals surface area contributed by atoms with Crippen LogP contribution in [0.25, 0.3) is 0 Å². The second-order valence-electron chi connectivity index (χ2n) is 10.8. The lowest BCUT2D eigenvalue weighted by molar-refractivity contribution is -0.149. The van der Waals surface area contributed by atoms with Crippen LogP contribution in [0.2, 0.25) is 0 Å². The molecular formula is C26H40N4O8. The van der Waals surface area contributed by atoms with Crippen LogP contribution >= 0.6 is 0 Å². The summed E-state index contributed by atoms with van der Waals surface area (Å²) in [6.07, 6.45) is -1.31. The molecule has 2 atom stereocenters. The number of aromatic hydroxyl groups is 1. The van der Waals surface area contributed by atoms with Gasteiger partial charge in [0.05, 0.1) is 7.11 Å². The number of phenols is 1. The third-order valence-corrected chi connectivity index (χ3v) is 5.33. The first-order chi connectivity index (χ1) is 17.4. The number of benzene rings is 1. The van der Waals surface area contributed by atoms with Crippen LogP contribution in [0.15, 0.2) is 18.2 Å². The van der Waals surface area contributed by atoms with Gasteiger partial charge in [-0.25, -0.2) is 4.79 Å². The zero-order valence-electron chi connectivity index (χ0n) is 23.3. The molecule has 5 N–H and O–H groups in total. The number of alkyl carbamates (subject to hydrolysis) is 1. The van der Waals surface area contributed by atoms with E-state index in [2.05, 4.69) is 15.4 Å². The van der Waals surface area contributed by atoms with Gasteiger partial charge in [0.25, 0.3) is 0 Å². The normalized spacial score (nSPS) is 13.1. The van der Waals surface area contributed by atoms with Gasteiger partial charge in [0, 0.05) is 17.5 Å². The Bertz CT molecular complexity index is 1040. The third-order valence-electron chi connectivity index (χ3n) is 5.33. The Kier molecular flexibility index (Phi) is 11.1. The van der Waals surface area contributed by atoms with E-state index in [1.54, 1.807) is 60.6 Å². The summed E-state index contributed by atoms with van der Waals surface area (Å²) in [5.74, 6) is -3.14. The van der Waals surface area contributed by atoms with E-state index in [1.165, 1.54) is 11.0 Å². The predicted octanol–water partition coefficient (Wildman–Crippen LogP) is 1.82. The van der Waals surface area contributed by atoms with E-state index in [0.29, 0.717) is 5.56 Å². The molecule has 0 aliphatic heterocycles. The van der Waals surface area contributed by atoms with Gasteiger partial charge in [0.15, 0.2) is 0 Å². The zero-order valence-corrected chi connectivity index (χ0v) is 23.3. The number of carbonyl (C=O) groups excluding carboxylic acids is 5. The van der Waals surface area contributed by atoms with E-state index < -0.39 is 59.6 Å². The number of primary amides is 1. The molecule has 38 heavy (non-hydrogen) atoms. The van der Waals surface area contributed by atoms with Gasteiger partial charge in [0.2, 0.25) is 17.7 Å². The highest BCUT2D eigenvalue weighted by Crippen LogP contribution is 2.36. The molecule has 0 saturated heterocycles. The SMILES string of the molecule is COC(=O)CNC(=O)C(c1cccc(C)c1O)N(C(=O)C(CCC(N)=O)NC(=O)OC(C)(C)C)C(C)(C)C. The van der Waals surface area contributed by atoms with Crippen molar-refractivity contribution in [2.45, 2.75) is 84.5 Å². The molecule has 0 bridgehead atoms. The number of para-hydroxylation sites is 1. The number of rotatable bonds is 10. The Morgan fingerprint density at radius 1 is 1.08 bits per heavy atom. The maximum Gasteiger partial charge on any atom is 0.408 e. The minimum absolute atomic E-state index is 0.0987. The molecule has 0 aromatic heterocycles. The van der Waals surface area contributed by atoms with Gasteiger partial charge in [-0.3, -0.25) is 19.2 Å². The predicted molar refractivity (Wildman–Crippen MR) is 139 cm³/mol. The largest absolute Gasteiger partial charge is 0.507 e. The number of hydrogen-bond donors (Lipinski definition) is 4. The van der Waals surface area contributed by atoms with Gasteiger partial charge in [-0.15, -0.1) is 0 Å². The molecule has 0 fully saturated rings. The Morgan fingerprint density at radius 3 is 2.18 bits per heavy atom. The first-order valence-electron chi connectivity index (χ1n) is 12.1. The fraction of sp³-hybridized carbons (Fsp3) is 0.577. The number of nitrogens with zero attached hydrogens (tertiary/aromatic N) is 1. The van der Waals surface area contributed by atoms with Gasteiger partial charge < -0.3 is 35.8 Å². The van der Waals surface area contributed by atoms with E-state index >= 15 is 0 Å². The molecule has 12 heteroatoms. The molecule has 1 rings (SSSR count). The maximum atomic E-state index is 14.1. The molecular weight excluding hydrogens is 496 g/mol. The van der Waals surface area contributed by atoms with Crippen LogP contribution in [0.4, 0.5) is 4.79 Å². The van der Waals surface area contributed by atoms with Crippen LogP contribution in [0.1, 0.15) is 71.6 Å². The molecule has 0 heterocycles. The van der Waals surface area contributed by atoms with E-state index in [1.807, 2.05) is 0 Å². The first kappa shape index (κ1) is 32.2. The summed E-state index contributed by atoms with van der Waals surface area (Å²) in [5.41, 5.74) is 3.93. The van der Waals surface area contributed by atoms with E-state index in [9.17, 15) is 29.1 Å². The van der Waals surface area contributed by atoms with Crippen molar-refractivity contribution in [2.24, 2.45) is 5.73 Å². The standard InChI is InChI=1S/C26H40N4O8/c1-15-10-9-11-16(21(15)33)20(22(34)28-14-19(32)37-8)30(25(2,3)4)23(35)17(12-13-18(27)31)29-24(36)38-26(5,6)7/h9-11,17,20,33H,12-14H2,1-8H3,(H2,27,31)(H,28,34)(H,29,36). The van der Waals surface area contributed by atoms with Crippen molar-refractivity contribution in [3.63, 3.8) is 0 Å². The van der Waals surface area contributed by atoms with Crippen molar-refractivity contribution in [1.82, 2.24) is 15.5 Å². The van der Waals surface area contributed by atoms with Gasteiger partial charge in [-0.1, -0.05) is 18.2 Å². The lowest BCUT2D eigenvalue weighted by Crippen LogP contribution is -2.59. The summed E-state index contributed by atoms with van der Waals surface area (Å²) in [7, 11) is 1.16. The zero-order chi connectivity index (χ0) is 29.4. The number of phenolic OH excluding ortho intramolecular Hbond substituents is 1. The summed E-state index contributed by atoms with van der Waals surface area (Å²) in [5, 5.41) is 15.8. The smallest absolute Gasteiger partial charge is 0.408 e. The number of hydrogen-bond acceptors (Lipinski definition) is 8. The monoisotopic (exact) mass is 536 g/mol. The van der Waals surface area contributed by atoms with Crippen LogP contribution in [-0.2, 0) is 28.7 Å². The second-order valence-corrected chi connectivity index (χ2v) is 10.8. The van der Waals surface area contributed by atoms with Crippen LogP contribution < -0.4 is 16.4 Å². The molecule has 0 spiro atoms. The molecule has 12 nitrogen and oxygen atoms in total. The van der Waals surface area contributed by atoms with Gasteiger partial charge in [-0.2, -0.15) is 0 Å². The Morgan fingerprint density at radius 2 is 1.68 bits per heavy atom. The minimum Gasteiger partial charge on any atom is -0.507 e. The quantitative estimate of drug-likeness (QED) is 0.327. The van der Waals surface area contributed by atoms with Crippen molar-refractivity contribution in [3.05, 3.63) is 29.3 Å². The van der Waals surface area contributed by atoms with Gasteiger partial charge >= 0.3 is 12.1 Å². The highest BCUT2D eigenvalue weighted by molar-refractivity contribution is 5.94. The number of ether oxygens (including phenoxy) is 2. The average Bonchev–Trinajstić information content (AvgIpc) is 2.77.